The minimum atomic E-state index is -3.61. The molecule has 1 saturated heterocycles. The number of para-hydroxylation sites is 3. The van der Waals surface area contributed by atoms with E-state index in [1.807, 2.05) is 90.7 Å². The van der Waals surface area contributed by atoms with Gasteiger partial charge in [-0.1, -0.05) is 74.0 Å². The summed E-state index contributed by atoms with van der Waals surface area (Å²) < 4.78 is 32.8. The van der Waals surface area contributed by atoms with E-state index in [2.05, 4.69) is 11.8 Å². The highest BCUT2D eigenvalue weighted by Crippen LogP contribution is 2.33. The molecule has 0 N–H and O–H groups in total. The van der Waals surface area contributed by atoms with Crippen LogP contribution in [-0.2, 0) is 22.0 Å². The van der Waals surface area contributed by atoms with Crippen molar-refractivity contribution in [3.63, 3.8) is 0 Å². The minimum absolute atomic E-state index is 0.0963. The van der Waals surface area contributed by atoms with Gasteiger partial charge in [0, 0.05) is 31.7 Å². The molecular weight excluding hydrogens is 544 g/mol. The largest absolute Gasteiger partial charge is 0.455 e. The van der Waals surface area contributed by atoms with E-state index in [0.29, 0.717) is 31.7 Å². The molecule has 0 unspecified atom stereocenters. The molecule has 0 saturated carbocycles. The van der Waals surface area contributed by atoms with Gasteiger partial charge in [0.15, 0.2) is 15.6 Å². The molecule has 1 aliphatic heterocycles. The van der Waals surface area contributed by atoms with E-state index >= 15 is 0 Å². The zero-order valence-electron chi connectivity index (χ0n) is 24.3. The molecule has 1 amide bonds. The number of aryl methyl sites for hydroxylation is 2. The first-order valence-corrected chi connectivity index (χ1v) is 16.3. The predicted molar refractivity (Wildman–Crippen MR) is 168 cm³/mol. The Bertz CT molecular complexity index is 1610. The van der Waals surface area contributed by atoms with Crippen LogP contribution in [0.15, 0.2) is 102 Å². The van der Waals surface area contributed by atoms with E-state index in [4.69, 9.17) is 4.74 Å². The van der Waals surface area contributed by atoms with Crippen LogP contribution in [0.2, 0.25) is 0 Å². The van der Waals surface area contributed by atoms with E-state index in [-0.39, 0.29) is 16.6 Å². The third-order valence-electron chi connectivity index (χ3n) is 7.74. The molecule has 1 aliphatic rings. The quantitative estimate of drug-likeness (QED) is 0.200. The fourth-order valence-corrected chi connectivity index (χ4v) is 6.62. The highest BCUT2D eigenvalue weighted by Gasteiger charge is 2.26. The first-order chi connectivity index (χ1) is 20.3. The van der Waals surface area contributed by atoms with Crippen LogP contribution in [-0.4, -0.2) is 45.4 Å². The lowest BCUT2D eigenvalue weighted by Crippen LogP contribution is -2.49. The van der Waals surface area contributed by atoms with Crippen LogP contribution in [0.3, 0.4) is 0 Å². The third-order valence-corrected chi connectivity index (χ3v) is 9.43. The number of unbranched alkanes of at least 4 members (excludes halogenated alkanes) is 1. The summed E-state index contributed by atoms with van der Waals surface area (Å²) in [5, 5.41) is 0. The molecule has 7 heteroatoms. The zero-order valence-corrected chi connectivity index (χ0v) is 25.1. The lowest BCUT2D eigenvalue weighted by atomic mass is 10.1. The molecule has 0 radical (unpaired) electrons. The van der Waals surface area contributed by atoms with Crippen molar-refractivity contribution in [3.8, 4) is 11.5 Å². The summed E-state index contributed by atoms with van der Waals surface area (Å²) in [6.45, 7) is 6.35. The molecule has 0 aromatic heterocycles. The zero-order chi connectivity index (χ0) is 29.5. The number of sulfone groups is 1. The SMILES string of the molecule is CCCCc1ccc(CS(=O)(=O)c2ccc(C)c(C(=O)N3CCN(c4ccccc4Oc4ccccc4)CC3)c2)cc1. The Morgan fingerprint density at radius 1 is 0.810 bits per heavy atom. The van der Waals surface area contributed by atoms with Crippen molar-refractivity contribution in [2.45, 2.75) is 43.8 Å². The number of nitrogens with zero attached hydrogens (tertiary/aromatic N) is 2. The topological polar surface area (TPSA) is 66.9 Å². The molecule has 218 valence electrons. The highest BCUT2D eigenvalue weighted by atomic mass is 32.2. The fourth-order valence-electron chi connectivity index (χ4n) is 5.25. The fraction of sp³-hybridized carbons (Fsp3) is 0.286. The molecule has 1 fully saturated rings. The Kier molecular flexibility index (Phi) is 9.28. The molecule has 4 aromatic rings. The van der Waals surface area contributed by atoms with Crippen molar-refractivity contribution in [3.05, 3.63) is 119 Å². The van der Waals surface area contributed by atoms with E-state index in [9.17, 15) is 13.2 Å². The van der Waals surface area contributed by atoms with Crippen LogP contribution >= 0.6 is 0 Å². The number of rotatable bonds is 10. The highest BCUT2D eigenvalue weighted by molar-refractivity contribution is 7.90. The number of hydrogen-bond donors (Lipinski definition) is 0. The minimum Gasteiger partial charge on any atom is -0.455 e. The number of piperazine rings is 1. The molecule has 5 rings (SSSR count). The first-order valence-electron chi connectivity index (χ1n) is 14.6. The van der Waals surface area contributed by atoms with Gasteiger partial charge in [0.2, 0.25) is 0 Å². The average Bonchev–Trinajstić information content (AvgIpc) is 3.01. The summed E-state index contributed by atoms with van der Waals surface area (Å²) in [5.41, 5.74) is 4.15. The predicted octanol–water partition coefficient (Wildman–Crippen LogP) is 7.07. The van der Waals surface area contributed by atoms with Crippen LogP contribution < -0.4 is 9.64 Å². The lowest BCUT2D eigenvalue weighted by molar-refractivity contribution is 0.0745. The summed E-state index contributed by atoms with van der Waals surface area (Å²) >= 11 is 0. The third kappa shape index (κ3) is 7.02. The van der Waals surface area contributed by atoms with Gasteiger partial charge in [-0.15, -0.1) is 0 Å². The summed E-state index contributed by atoms with van der Waals surface area (Å²) in [4.78, 5) is 17.8. The van der Waals surface area contributed by atoms with Crippen molar-refractivity contribution < 1.29 is 17.9 Å². The van der Waals surface area contributed by atoms with Crippen molar-refractivity contribution in [1.29, 1.82) is 0 Å². The van der Waals surface area contributed by atoms with Crippen molar-refractivity contribution >= 4 is 21.4 Å². The summed E-state index contributed by atoms with van der Waals surface area (Å²) in [6.07, 6.45) is 3.23. The molecule has 0 aliphatic carbocycles. The number of anilines is 1. The van der Waals surface area contributed by atoms with Gasteiger partial charge in [0.05, 0.1) is 16.3 Å². The molecule has 4 aromatic carbocycles. The molecule has 42 heavy (non-hydrogen) atoms. The van der Waals surface area contributed by atoms with Gasteiger partial charge in [-0.3, -0.25) is 4.79 Å². The molecule has 6 nitrogen and oxygen atoms in total. The van der Waals surface area contributed by atoms with Gasteiger partial charge in [-0.05, 0) is 72.9 Å². The molecule has 0 atom stereocenters. The van der Waals surface area contributed by atoms with Crippen LogP contribution in [0, 0.1) is 6.92 Å². The van der Waals surface area contributed by atoms with Crippen molar-refractivity contribution in [2.24, 2.45) is 0 Å². The van der Waals surface area contributed by atoms with Crippen LogP contribution in [0.4, 0.5) is 5.69 Å². The number of hydrogen-bond acceptors (Lipinski definition) is 5. The molecule has 0 spiro atoms. The van der Waals surface area contributed by atoms with E-state index in [1.165, 1.54) is 5.56 Å². The second-order valence-electron chi connectivity index (χ2n) is 10.8. The maximum absolute atomic E-state index is 13.6. The normalized spacial score (nSPS) is 13.7. The van der Waals surface area contributed by atoms with Gasteiger partial charge >= 0.3 is 0 Å². The Labute approximate surface area is 249 Å². The van der Waals surface area contributed by atoms with Crippen LogP contribution in [0.25, 0.3) is 0 Å². The average molecular weight is 583 g/mol. The Morgan fingerprint density at radius 2 is 1.48 bits per heavy atom. The Morgan fingerprint density at radius 3 is 2.19 bits per heavy atom. The van der Waals surface area contributed by atoms with Crippen LogP contribution in [0.5, 0.6) is 11.5 Å². The Balaban J connectivity index is 1.26. The van der Waals surface area contributed by atoms with E-state index < -0.39 is 9.84 Å². The smallest absolute Gasteiger partial charge is 0.254 e. The van der Waals surface area contributed by atoms with Gasteiger partial charge in [0.1, 0.15) is 5.75 Å². The molecule has 1 heterocycles. The standard InChI is InChI=1S/C35H38N2O4S/c1-3-4-10-28-16-18-29(19-17-28)26-42(39,40)31-20-15-27(2)32(25-31)35(38)37-23-21-36(22-24-37)33-13-8-9-14-34(33)41-30-11-6-5-7-12-30/h5-9,11-20,25H,3-4,10,21-24,26H2,1-2H3. The maximum Gasteiger partial charge on any atom is 0.254 e. The van der Waals surface area contributed by atoms with Gasteiger partial charge in [0.25, 0.3) is 5.91 Å². The van der Waals surface area contributed by atoms with Gasteiger partial charge in [-0.25, -0.2) is 8.42 Å². The van der Waals surface area contributed by atoms with E-state index in [1.54, 1.807) is 18.2 Å². The van der Waals surface area contributed by atoms with Gasteiger partial charge in [-0.2, -0.15) is 0 Å². The van der Waals surface area contributed by atoms with Crippen LogP contribution in [0.1, 0.15) is 46.8 Å². The first kappa shape index (κ1) is 29.4. The van der Waals surface area contributed by atoms with Crippen molar-refractivity contribution in [1.82, 2.24) is 4.90 Å². The van der Waals surface area contributed by atoms with Crippen molar-refractivity contribution in [2.75, 3.05) is 31.1 Å². The maximum atomic E-state index is 13.6. The second-order valence-corrected chi connectivity index (χ2v) is 12.8. The Hall–Kier alpha value is -4.10. The second kappa shape index (κ2) is 13.3. The number of carbonyl (C=O) groups excluding carboxylic acids is 1. The number of ether oxygens (including phenoxy) is 1. The number of carbonyl (C=O) groups is 1. The number of amides is 1. The molecule has 0 bridgehead atoms. The van der Waals surface area contributed by atoms with E-state index in [0.717, 1.165) is 47.6 Å². The lowest BCUT2D eigenvalue weighted by Gasteiger charge is -2.37. The molecular formula is C35H38N2O4S. The summed E-state index contributed by atoms with van der Waals surface area (Å²) in [6, 6.07) is 30.3. The summed E-state index contributed by atoms with van der Waals surface area (Å²) in [5.74, 6) is 1.31. The van der Waals surface area contributed by atoms with Gasteiger partial charge < -0.3 is 14.5 Å². The monoisotopic (exact) mass is 582 g/mol. The summed E-state index contributed by atoms with van der Waals surface area (Å²) in [7, 11) is -3.61. The number of benzene rings is 4.